The van der Waals surface area contributed by atoms with E-state index in [0.29, 0.717) is 0 Å². The monoisotopic (exact) mass is 568 g/mol. The Kier molecular flexibility index (Phi) is 9.38. The molecule has 4 heteroatoms. The third kappa shape index (κ3) is 5.63. The number of rotatable bonds is 10. The number of nitrogens with zero attached hydrogens (tertiary/aromatic N) is 2. The molecule has 0 atom stereocenters. The largest absolute Gasteiger partial charge is 0.366 e. The summed E-state index contributed by atoms with van der Waals surface area (Å²) in [6.45, 7) is 16.7. The second kappa shape index (κ2) is 13.0. The average Bonchev–Trinajstić information content (AvgIpc) is 2.99. The Hall–Kier alpha value is -2.56. The molecule has 5 rings (SSSR count). The number of aryl methyl sites for hydroxylation is 2. The van der Waals surface area contributed by atoms with Crippen molar-refractivity contribution in [2.24, 2.45) is 0 Å². The normalized spacial score (nSPS) is 14.6. The topological polar surface area (TPSA) is 6.48 Å². The van der Waals surface area contributed by atoms with E-state index in [1.807, 2.05) is 35.7 Å². The number of hydrogen-bond acceptors (Lipinski definition) is 4. The average molecular weight is 569 g/mol. The van der Waals surface area contributed by atoms with Crippen LogP contribution in [0.3, 0.4) is 0 Å². The minimum Gasteiger partial charge on any atom is -0.366 e. The van der Waals surface area contributed by atoms with E-state index in [2.05, 4.69) is 85.7 Å². The molecule has 0 bridgehead atoms. The highest BCUT2D eigenvalue weighted by Gasteiger charge is 2.28. The van der Waals surface area contributed by atoms with Crippen LogP contribution in [0.4, 0.5) is 11.4 Å². The quantitative estimate of drug-likeness (QED) is 0.178. The Morgan fingerprint density at radius 1 is 0.750 bits per heavy atom. The first kappa shape index (κ1) is 29.0. The molecule has 0 fully saturated rings. The van der Waals surface area contributed by atoms with Gasteiger partial charge in [-0.05, 0) is 108 Å². The van der Waals surface area contributed by atoms with Crippen LogP contribution in [0.2, 0.25) is 0 Å². The Labute approximate surface area is 250 Å². The van der Waals surface area contributed by atoms with E-state index in [4.69, 9.17) is 0 Å². The van der Waals surface area contributed by atoms with Gasteiger partial charge in [0.05, 0.1) is 16.3 Å². The third-order valence-electron chi connectivity index (χ3n) is 8.65. The molecular formula is C36H44N2S2. The molecule has 3 aromatic rings. The molecule has 0 saturated carbocycles. The molecule has 0 spiro atoms. The number of hydrogen-bond donors (Lipinski definition) is 0. The maximum Gasteiger partial charge on any atom is 0.0666 e. The molecule has 0 aliphatic carbocycles. The summed E-state index contributed by atoms with van der Waals surface area (Å²) in [4.78, 5) is 8.10. The van der Waals surface area contributed by atoms with Gasteiger partial charge in [-0.3, -0.25) is 0 Å². The highest BCUT2D eigenvalue weighted by Crippen LogP contribution is 2.46. The Bertz CT molecular complexity index is 1410. The standard InChI is InChI=1S/C36H44N2S2/c1-7-11-25-19-27(9-3)31-15-17-37(23-29(31)21-25)33-13-14-34(39-5)35(36(33)40-6)38-18-16-32-28(10-4)20-26(12-8-2)22-30(32)24-38/h7-8,13-14,19-22H,1-2,9-12,15-18,23-24H2,3-6H3. The minimum atomic E-state index is 0.937. The number of anilines is 2. The fourth-order valence-electron chi connectivity index (χ4n) is 6.78. The number of benzene rings is 3. The van der Waals surface area contributed by atoms with Crippen molar-refractivity contribution < 1.29 is 0 Å². The van der Waals surface area contributed by atoms with Crippen LogP contribution < -0.4 is 9.80 Å². The summed E-state index contributed by atoms with van der Waals surface area (Å²) in [6, 6.07) is 14.5. The smallest absolute Gasteiger partial charge is 0.0666 e. The van der Waals surface area contributed by atoms with Crippen molar-refractivity contribution in [1.82, 2.24) is 0 Å². The van der Waals surface area contributed by atoms with Gasteiger partial charge < -0.3 is 9.80 Å². The molecule has 2 aliphatic heterocycles. The fourth-order valence-corrected chi connectivity index (χ4v) is 8.31. The summed E-state index contributed by atoms with van der Waals surface area (Å²) in [6.07, 6.45) is 14.8. The van der Waals surface area contributed by atoms with E-state index in [1.165, 1.54) is 54.5 Å². The molecule has 2 nitrogen and oxygen atoms in total. The lowest BCUT2D eigenvalue weighted by Gasteiger charge is -2.38. The van der Waals surface area contributed by atoms with Crippen molar-refractivity contribution in [3.05, 3.63) is 106 Å². The van der Waals surface area contributed by atoms with E-state index in [0.717, 1.165) is 64.7 Å². The van der Waals surface area contributed by atoms with Crippen molar-refractivity contribution in [1.29, 1.82) is 0 Å². The van der Waals surface area contributed by atoms with E-state index in [9.17, 15) is 0 Å². The first-order valence-electron chi connectivity index (χ1n) is 14.8. The third-order valence-corrected chi connectivity index (χ3v) is 10.2. The minimum absolute atomic E-state index is 0.937. The summed E-state index contributed by atoms with van der Waals surface area (Å²) >= 11 is 3.80. The predicted molar refractivity (Wildman–Crippen MR) is 179 cm³/mol. The zero-order valence-electron chi connectivity index (χ0n) is 24.8. The number of allylic oxidation sites excluding steroid dienone is 2. The Balaban J connectivity index is 1.52. The fraction of sp³-hybridized carbons (Fsp3) is 0.389. The molecule has 3 aromatic carbocycles. The summed E-state index contributed by atoms with van der Waals surface area (Å²) < 4.78 is 0. The molecule has 0 aromatic heterocycles. The van der Waals surface area contributed by atoms with Gasteiger partial charge in [0, 0.05) is 31.1 Å². The van der Waals surface area contributed by atoms with Crippen LogP contribution in [0.25, 0.3) is 0 Å². The second-order valence-corrected chi connectivity index (χ2v) is 12.7. The van der Waals surface area contributed by atoms with Gasteiger partial charge in [-0.15, -0.1) is 36.7 Å². The SMILES string of the molecule is C=CCc1cc(CC)c2c(c1)CN(c1ccc(SC)c(N3CCc4c(CC)cc(CC=C)cc4C3)c1SC)CC2. The Morgan fingerprint density at radius 2 is 1.30 bits per heavy atom. The maximum absolute atomic E-state index is 4.00. The zero-order valence-corrected chi connectivity index (χ0v) is 26.4. The van der Waals surface area contributed by atoms with Gasteiger partial charge in [0.2, 0.25) is 0 Å². The number of thioether (sulfide) groups is 2. The van der Waals surface area contributed by atoms with Gasteiger partial charge in [-0.2, -0.15) is 0 Å². The maximum atomic E-state index is 4.00. The van der Waals surface area contributed by atoms with Crippen LogP contribution in [-0.4, -0.2) is 25.6 Å². The van der Waals surface area contributed by atoms with Crippen molar-refractivity contribution >= 4 is 34.9 Å². The van der Waals surface area contributed by atoms with Crippen molar-refractivity contribution in [3.8, 4) is 0 Å². The molecule has 0 saturated heterocycles. The van der Waals surface area contributed by atoms with Gasteiger partial charge in [0.15, 0.2) is 0 Å². The van der Waals surface area contributed by atoms with Crippen LogP contribution in [0.5, 0.6) is 0 Å². The molecule has 0 unspecified atom stereocenters. The van der Waals surface area contributed by atoms with Gasteiger partial charge in [-0.1, -0.05) is 50.3 Å². The molecular weight excluding hydrogens is 525 g/mol. The van der Waals surface area contributed by atoms with Crippen LogP contribution in [-0.2, 0) is 51.6 Å². The molecule has 210 valence electrons. The first-order chi connectivity index (χ1) is 19.5. The first-order valence-corrected chi connectivity index (χ1v) is 17.2. The van der Waals surface area contributed by atoms with E-state index in [-0.39, 0.29) is 0 Å². The van der Waals surface area contributed by atoms with Crippen LogP contribution in [0.1, 0.15) is 58.4 Å². The zero-order chi connectivity index (χ0) is 28.2. The molecule has 2 heterocycles. The molecule has 0 amide bonds. The molecule has 2 aliphatic rings. The van der Waals surface area contributed by atoms with Gasteiger partial charge >= 0.3 is 0 Å². The lowest BCUT2D eigenvalue weighted by Crippen LogP contribution is -2.34. The molecule has 40 heavy (non-hydrogen) atoms. The second-order valence-electron chi connectivity index (χ2n) is 11.0. The van der Waals surface area contributed by atoms with Crippen LogP contribution in [0, 0.1) is 0 Å². The summed E-state index contributed by atoms with van der Waals surface area (Å²) in [5.41, 5.74) is 14.8. The van der Waals surface area contributed by atoms with E-state index in [1.54, 1.807) is 11.1 Å². The highest BCUT2D eigenvalue weighted by atomic mass is 32.2. The van der Waals surface area contributed by atoms with Crippen molar-refractivity contribution in [2.45, 2.75) is 75.3 Å². The van der Waals surface area contributed by atoms with Crippen LogP contribution >= 0.6 is 23.5 Å². The van der Waals surface area contributed by atoms with Gasteiger partial charge in [0.1, 0.15) is 0 Å². The van der Waals surface area contributed by atoms with Crippen LogP contribution in [0.15, 0.2) is 71.5 Å². The predicted octanol–water partition coefficient (Wildman–Crippen LogP) is 8.84. The molecule has 0 radical (unpaired) electrons. The van der Waals surface area contributed by atoms with E-state index < -0.39 is 0 Å². The van der Waals surface area contributed by atoms with Crippen molar-refractivity contribution in [2.75, 3.05) is 35.4 Å². The summed E-state index contributed by atoms with van der Waals surface area (Å²) in [5.74, 6) is 0. The van der Waals surface area contributed by atoms with E-state index >= 15 is 0 Å². The lowest BCUT2D eigenvalue weighted by atomic mass is 9.89. The molecule has 0 N–H and O–H groups in total. The Morgan fingerprint density at radius 3 is 1.80 bits per heavy atom. The number of fused-ring (bicyclic) bond motifs is 2. The summed E-state index contributed by atoms with van der Waals surface area (Å²) in [7, 11) is 0. The van der Waals surface area contributed by atoms with Gasteiger partial charge in [-0.25, -0.2) is 0 Å². The summed E-state index contributed by atoms with van der Waals surface area (Å²) in [5, 5.41) is 0. The van der Waals surface area contributed by atoms with Gasteiger partial charge in [0.25, 0.3) is 0 Å². The lowest BCUT2D eigenvalue weighted by molar-refractivity contribution is 0.699. The van der Waals surface area contributed by atoms with Crippen molar-refractivity contribution in [3.63, 3.8) is 0 Å². The highest BCUT2D eigenvalue weighted by molar-refractivity contribution is 7.99.